The second-order valence-electron chi connectivity index (χ2n) is 6.63. The summed E-state index contributed by atoms with van der Waals surface area (Å²) in [5, 5.41) is 11.7. The van der Waals surface area contributed by atoms with Crippen molar-refractivity contribution in [3.8, 4) is 11.4 Å². The van der Waals surface area contributed by atoms with Crippen molar-refractivity contribution >= 4 is 23.4 Å². The quantitative estimate of drug-likeness (QED) is 0.672. The van der Waals surface area contributed by atoms with E-state index in [4.69, 9.17) is 0 Å². The number of carbonyl (C=O) groups excluding carboxylic acids is 1. The van der Waals surface area contributed by atoms with Gasteiger partial charge >= 0.3 is 0 Å². The van der Waals surface area contributed by atoms with Crippen LogP contribution < -0.4 is 5.32 Å². The summed E-state index contributed by atoms with van der Waals surface area (Å²) in [4.78, 5) is 13.6. The Bertz CT molecular complexity index is 949. The van der Waals surface area contributed by atoms with Crippen molar-refractivity contribution in [2.75, 3.05) is 11.6 Å². The van der Waals surface area contributed by atoms with E-state index < -0.39 is 0 Å². The van der Waals surface area contributed by atoms with Crippen LogP contribution in [0.25, 0.3) is 11.4 Å². The number of nitrogens with zero attached hydrogens (tertiary/aromatic N) is 3. The summed E-state index contributed by atoms with van der Waals surface area (Å²) in [5.41, 5.74) is 2.49. The summed E-state index contributed by atoms with van der Waals surface area (Å²) in [6.07, 6.45) is 6.56. The molecule has 2 aromatic carbocycles. The molecule has 1 N–H and O–H groups in total. The van der Waals surface area contributed by atoms with Crippen LogP contribution in [0.15, 0.2) is 53.4 Å². The first-order chi connectivity index (χ1) is 13.3. The molecule has 2 heterocycles. The third-order valence-electron chi connectivity index (χ3n) is 4.86. The number of amides is 1. The number of aryl methyl sites for hydroxylation is 1. The highest BCUT2D eigenvalue weighted by atomic mass is 32.2. The molecule has 0 saturated heterocycles. The number of fused-ring (bicyclic) bond motifs is 1. The monoisotopic (exact) mass is 378 g/mol. The van der Waals surface area contributed by atoms with E-state index >= 15 is 0 Å². The number of anilines is 1. The van der Waals surface area contributed by atoms with Gasteiger partial charge in [0.15, 0.2) is 5.82 Å². The molecule has 0 unspecified atom stereocenters. The van der Waals surface area contributed by atoms with E-state index in [9.17, 15) is 4.79 Å². The summed E-state index contributed by atoms with van der Waals surface area (Å²) in [5.74, 6) is 1.90. The van der Waals surface area contributed by atoms with Crippen LogP contribution in [0.4, 0.5) is 5.69 Å². The van der Waals surface area contributed by atoms with Crippen molar-refractivity contribution in [2.45, 2.75) is 37.1 Å². The zero-order chi connectivity index (χ0) is 18.6. The predicted molar refractivity (Wildman–Crippen MR) is 109 cm³/mol. The largest absolute Gasteiger partial charge is 0.322 e. The van der Waals surface area contributed by atoms with E-state index in [1.165, 1.54) is 19.3 Å². The Balaban J connectivity index is 1.53. The minimum absolute atomic E-state index is 0.0935. The second kappa shape index (κ2) is 7.96. The van der Waals surface area contributed by atoms with Gasteiger partial charge in [0.1, 0.15) is 5.82 Å². The molecule has 0 bridgehead atoms. The molecule has 0 radical (unpaired) electrons. The van der Waals surface area contributed by atoms with Crippen molar-refractivity contribution in [1.82, 2.24) is 14.8 Å². The van der Waals surface area contributed by atoms with Gasteiger partial charge in [-0.2, -0.15) is 0 Å². The average Bonchev–Trinajstić information content (AvgIpc) is 2.96. The maximum atomic E-state index is 12.6. The molecule has 138 valence electrons. The Labute approximate surface area is 163 Å². The van der Waals surface area contributed by atoms with Gasteiger partial charge in [0.25, 0.3) is 5.91 Å². The molecule has 0 saturated carbocycles. The Kier molecular flexibility index (Phi) is 5.25. The van der Waals surface area contributed by atoms with Crippen molar-refractivity contribution < 1.29 is 4.79 Å². The van der Waals surface area contributed by atoms with E-state index in [2.05, 4.69) is 20.1 Å². The minimum Gasteiger partial charge on any atom is -0.322 e. The summed E-state index contributed by atoms with van der Waals surface area (Å²) < 4.78 is 2.23. The van der Waals surface area contributed by atoms with Crippen LogP contribution in [0.2, 0.25) is 0 Å². The fourth-order valence-electron chi connectivity index (χ4n) is 3.43. The van der Waals surface area contributed by atoms with Gasteiger partial charge in [0.2, 0.25) is 0 Å². The van der Waals surface area contributed by atoms with E-state index in [-0.39, 0.29) is 5.91 Å². The molecule has 1 aliphatic heterocycles. The Morgan fingerprint density at radius 3 is 2.67 bits per heavy atom. The van der Waals surface area contributed by atoms with E-state index in [1.54, 1.807) is 11.8 Å². The molecule has 0 atom stereocenters. The number of hydrogen-bond acceptors (Lipinski definition) is 4. The lowest BCUT2D eigenvalue weighted by atomic mass is 10.1. The molecule has 1 aromatic heterocycles. The lowest BCUT2D eigenvalue weighted by Gasteiger charge is -2.10. The topological polar surface area (TPSA) is 59.8 Å². The first-order valence-electron chi connectivity index (χ1n) is 9.23. The van der Waals surface area contributed by atoms with Crippen molar-refractivity contribution in [3.05, 3.63) is 59.9 Å². The number of rotatable bonds is 4. The molecule has 27 heavy (non-hydrogen) atoms. The van der Waals surface area contributed by atoms with Gasteiger partial charge in [-0.3, -0.25) is 4.79 Å². The van der Waals surface area contributed by atoms with Crippen LogP contribution in [0, 0.1) is 0 Å². The van der Waals surface area contributed by atoms with Gasteiger partial charge in [-0.25, -0.2) is 0 Å². The molecule has 4 rings (SSSR count). The molecule has 6 heteroatoms. The van der Waals surface area contributed by atoms with Gasteiger partial charge in [-0.1, -0.05) is 18.6 Å². The number of aromatic nitrogens is 3. The number of benzene rings is 2. The molecule has 3 aromatic rings. The summed E-state index contributed by atoms with van der Waals surface area (Å²) in [6.45, 7) is 0.974. The van der Waals surface area contributed by atoms with Crippen LogP contribution in [-0.2, 0) is 13.0 Å². The smallest absolute Gasteiger partial charge is 0.256 e. The van der Waals surface area contributed by atoms with Crippen LogP contribution >= 0.6 is 11.8 Å². The predicted octanol–water partition coefficient (Wildman–Crippen LogP) is 4.65. The third-order valence-corrected chi connectivity index (χ3v) is 5.66. The fraction of sp³-hybridized carbons (Fsp3) is 0.286. The first-order valence-corrected chi connectivity index (χ1v) is 10.5. The average molecular weight is 379 g/mol. The van der Waals surface area contributed by atoms with Gasteiger partial charge in [-0.05, 0) is 55.5 Å². The van der Waals surface area contributed by atoms with Crippen molar-refractivity contribution in [3.63, 3.8) is 0 Å². The zero-order valence-electron chi connectivity index (χ0n) is 15.3. The van der Waals surface area contributed by atoms with Gasteiger partial charge in [0, 0.05) is 29.1 Å². The van der Waals surface area contributed by atoms with Crippen molar-refractivity contribution in [2.24, 2.45) is 0 Å². The molecular weight excluding hydrogens is 356 g/mol. The molecule has 1 amide bonds. The van der Waals surface area contributed by atoms with Crippen LogP contribution in [-0.4, -0.2) is 26.9 Å². The lowest BCUT2D eigenvalue weighted by molar-refractivity contribution is 0.102. The maximum Gasteiger partial charge on any atom is 0.256 e. The SMILES string of the molecule is CSc1ccccc1C(=O)Nc1ccc(-c2nnc3n2CCCCC3)cc1. The molecule has 0 aliphatic carbocycles. The Morgan fingerprint density at radius 2 is 1.85 bits per heavy atom. The Morgan fingerprint density at radius 1 is 1.04 bits per heavy atom. The fourth-order valence-corrected chi connectivity index (χ4v) is 4.03. The van der Waals surface area contributed by atoms with E-state index in [0.29, 0.717) is 5.56 Å². The van der Waals surface area contributed by atoms with Crippen LogP contribution in [0.5, 0.6) is 0 Å². The summed E-state index contributed by atoms with van der Waals surface area (Å²) in [6, 6.07) is 15.5. The highest BCUT2D eigenvalue weighted by molar-refractivity contribution is 7.98. The Hall–Kier alpha value is -2.60. The van der Waals surface area contributed by atoms with E-state index in [0.717, 1.165) is 40.8 Å². The number of thioether (sulfide) groups is 1. The number of carbonyl (C=O) groups is 1. The summed E-state index contributed by atoms with van der Waals surface area (Å²) >= 11 is 1.57. The van der Waals surface area contributed by atoms with Gasteiger partial charge in [0.05, 0.1) is 5.56 Å². The maximum absolute atomic E-state index is 12.6. The standard InChI is InChI=1S/C21H22N4OS/c1-27-18-8-5-4-7-17(18)21(26)22-16-12-10-15(11-13-16)20-24-23-19-9-3-2-6-14-25(19)20/h4-5,7-8,10-13H,2-3,6,9,14H2,1H3,(H,22,26). The number of nitrogens with one attached hydrogen (secondary N) is 1. The van der Waals surface area contributed by atoms with Gasteiger partial charge < -0.3 is 9.88 Å². The van der Waals surface area contributed by atoms with Crippen molar-refractivity contribution in [1.29, 1.82) is 0 Å². The van der Waals surface area contributed by atoms with Crippen LogP contribution in [0.1, 0.15) is 35.4 Å². The lowest BCUT2D eigenvalue weighted by Crippen LogP contribution is -2.12. The molecule has 0 fully saturated rings. The van der Waals surface area contributed by atoms with Gasteiger partial charge in [-0.15, -0.1) is 22.0 Å². The molecule has 1 aliphatic rings. The highest BCUT2D eigenvalue weighted by Crippen LogP contribution is 2.25. The first kappa shape index (κ1) is 17.8. The van der Waals surface area contributed by atoms with E-state index in [1.807, 2.05) is 54.8 Å². The van der Waals surface area contributed by atoms with Crippen LogP contribution in [0.3, 0.4) is 0 Å². The normalized spacial score (nSPS) is 13.7. The summed E-state index contributed by atoms with van der Waals surface area (Å²) in [7, 11) is 0. The molecule has 5 nitrogen and oxygen atoms in total. The molecular formula is C21H22N4OS. The zero-order valence-corrected chi connectivity index (χ0v) is 16.1. The third kappa shape index (κ3) is 3.76. The highest BCUT2D eigenvalue weighted by Gasteiger charge is 2.16. The molecule has 0 spiro atoms. The number of hydrogen-bond donors (Lipinski definition) is 1. The minimum atomic E-state index is -0.0935. The second-order valence-corrected chi connectivity index (χ2v) is 7.48.